The molecule has 0 saturated carbocycles. The summed E-state index contributed by atoms with van der Waals surface area (Å²) in [5.41, 5.74) is 5.30. The number of nitrogens with zero attached hydrogens (tertiary/aromatic N) is 1. The van der Waals surface area contributed by atoms with Crippen molar-refractivity contribution >= 4 is 23.6 Å². The van der Waals surface area contributed by atoms with Crippen molar-refractivity contribution in [3.05, 3.63) is 0 Å². The number of carbonyl (C=O) groups excluding carboxylic acids is 4. The predicted octanol–water partition coefficient (Wildman–Crippen LogP) is -1.75. The molecule has 3 atom stereocenters. The number of β-lactam (4-membered cyclic amide) rings is 1. The maximum Gasteiger partial charge on any atom is 0.245 e. The van der Waals surface area contributed by atoms with Crippen molar-refractivity contribution in [1.82, 2.24) is 15.5 Å². The molecular weight excluding hydrogens is 276 g/mol. The maximum atomic E-state index is 12.4. The highest BCUT2D eigenvalue weighted by atomic mass is 16.2. The molecule has 4 amide bonds. The number of nitrogens with two attached hydrogens (primary N) is 1. The molecule has 0 spiro atoms. The lowest BCUT2D eigenvalue weighted by Crippen LogP contribution is -2.60. The van der Waals surface area contributed by atoms with Gasteiger partial charge in [-0.15, -0.1) is 0 Å². The monoisotopic (exact) mass is 296 g/mol. The molecule has 0 bridgehead atoms. The highest BCUT2D eigenvalue weighted by Crippen LogP contribution is 2.18. The van der Waals surface area contributed by atoms with Crippen LogP contribution in [0.25, 0.3) is 0 Å². The second-order valence-corrected chi connectivity index (χ2v) is 5.39. The van der Waals surface area contributed by atoms with Crippen molar-refractivity contribution in [3.8, 4) is 0 Å². The highest BCUT2D eigenvalue weighted by Gasteiger charge is 2.38. The molecule has 0 aromatic rings. The largest absolute Gasteiger partial charge is 0.368 e. The van der Waals surface area contributed by atoms with E-state index in [4.69, 9.17) is 5.73 Å². The van der Waals surface area contributed by atoms with Gasteiger partial charge in [0.2, 0.25) is 23.6 Å². The van der Waals surface area contributed by atoms with E-state index in [1.54, 1.807) is 6.92 Å². The standard InChI is InChI=1S/C13H20N4O4/c1-2-7(16-12(20)8-6-10(18)15-8)13(21)17-5-3-4-9(17)11(14)19/h7-9H,2-6H2,1H3,(H2,14,19)(H,15,18)(H,16,20)/t7-,8-,9-/m0/s1. The molecule has 2 aliphatic heterocycles. The minimum Gasteiger partial charge on any atom is -0.368 e. The van der Waals surface area contributed by atoms with Gasteiger partial charge < -0.3 is 21.3 Å². The Labute approximate surface area is 122 Å². The molecular formula is C13H20N4O4. The molecule has 0 unspecified atom stereocenters. The molecule has 0 aliphatic carbocycles. The van der Waals surface area contributed by atoms with E-state index in [0.29, 0.717) is 19.4 Å². The van der Waals surface area contributed by atoms with Crippen LogP contribution in [0.15, 0.2) is 0 Å². The molecule has 2 aliphatic rings. The van der Waals surface area contributed by atoms with Crippen molar-refractivity contribution in [2.75, 3.05) is 6.54 Å². The fourth-order valence-electron chi connectivity index (χ4n) is 2.65. The van der Waals surface area contributed by atoms with Gasteiger partial charge in [-0.1, -0.05) is 6.92 Å². The maximum absolute atomic E-state index is 12.4. The van der Waals surface area contributed by atoms with E-state index in [0.717, 1.165) is 6.42 Å². The lowest BCUT2D eigenvalue weighted by Gasteiger charge is -2.30. The summed E-state index contributed by atoms with van der Waals surface area (Å²) in [6.07, 6.45) is 1.84. The van der Waals surface area contributed by atoms with Gasteiger partial charge in [0, 0.05) is 6.54 Å². The zero-order chi connectivity index (χ0) is 15.6. The van der Waals surface area contributed by atoms with Gasteiger partial charge in [-0.3, -0.25) is 19.2 Å². The third-order valence-corrected chi connectivity index (χ3v) is 3.93. The third-order valence-electron chi connectivity index (χ3n) is 3.93. The van der Waals surface area contributed by atoms with E-state index in [1.165, 1.54) is 4.90 Å². The Bertz CT molecular complexity index is 471. The van der Waals surface area contributed by atoms with Gasteiger partial charge in [0.15, 0.2) is 0 Å². The molecule has 8 heteroatoms. The summed E-state index contributed by atoms with van der Waals surface area (Å²) in [6, 6.07) is -1.85. The molecule has 8 nitrogen and oxygen atoms in total. The van der Waals surface area contributed by atoms with Gasteiger partial charge in [0.05, 0.1) is 6.42 Å². The van der Waals surface area contributed by atoms with Crippen LogP contribution in [-0.2, 0) is 19.2 Å². The first-order chi connectivity index (χ1) is 9.93. The number of likely N-dealkylation sites (tertiary alicyclic amines) is 1. The summed E-state index contributed by atoms with van der Waals surface area (Å²) < 4.78 is 0. The molecule has 4 N–H and O–H groups in total. The molecule has 0 radical (unpaired) electrons. The summed E-state index contributed by atoms with van der Waals surface area (Å²) in [5.74, 6) is -1.36. The quantitative estimate of drug-likeness (QED) is 0.520. The highest BCUT2D eigenvalue weighted by molar-refractivity contribution is 5.99. The second-order valence-electron chi connectivity index (χ2n) is 5.39. The van der Waals surface area contributed by atoms with E-state index in [-0.39, 0.29) is 24.1 Å². The number of nitrogens with one attached hydrogen (secondary N) is 2. The summed E-state index contributed by atoms with van der Waals surface area (Å²) in [5, 5.41) is 5.09. The Morgan fingerprint density at radius 1 is 1.48 bits per heavy atom. The molecule has 2 rings (SSSR count). The van der Waals surface area contributed by atoms with Crippen LogP contribution in [0.4, 0.5) is 0 Å². The van der Waals surface area contributed by atoms with E-state index < -0.39 is 24.0 Å². The van der Waals surface area contributed by atoms with E-state index in [1.807, 2.05) is 0 Å². The summed E-state index contributed by atoms with van der Waals surface area (Å²) >= 11 is 0. The summed E-state index contributed by atoms with van der Waals surface area (Å²) in [7, 11) is 0. The molecule has 116 valence electrons. The first-order valence-electron chi connectivity index (χ1n) is 7.13. The molecule has 2 heterocycles. The predicted molar refractivity (Wildman–Crippen MR) is 72.7 cm³/mol. The van der Waals surface area contributed by atoms with Crippen LogP contribution in [0, 0.1) is 0 Å². The fraction of sp³-hybridized carbons (Fsp3) is 0.692. The Morgan fingerprint density at radius 2 is 2.14 bits per heavy atom. The summed E-state index contributed by atoms with van der Waals surface area (Å²) in [4.78, 5) is 47.9. The first kappa shape index (κ1) is 15.3. The third kappa shape index (κ3) is 3.14. The second kappa shape index (κ2) is 6.11. The van der Waals surface area contributed by atoms with Crippen LogP contribution >= 0.6 is 0 Å². The van der Waals surface area contributed by atoms with E-state index >= 15 is 0 Å². The van der Waals surface area contributed by atoms with Crippen LogP contribution < -0.4 is 16.4 Å². The number of carbonyl (C=O) groups is 4. The molecule has 21 heavy (non-hydrogen) atoms. The van der Waals surface area contributed by atoms with Crippen LogP contribution in [0.1, 0.15) is 32.6 Å². The van der Waals surface area contributed by atoms with Crippen molar-refractivity contribution in [2.45, 2.75) is 50.7 Å². The zero-order valence-corrected chi connectivity index (χ0v) is 11.9. The van der Waals surface area contributed by atoms with Gasteiger partial charge in [-0.25, -0.2) is 0 Å². The van der Waals surface area contributed by atoms with Crippen molar-refractivity contribution < 1.29 is 19.2 Å². The number of rotatable bonds is 5. The lowest BCUT2D eigenvalue weighted by molar-refractivity contribution is -0.142. The number of hydrogen-bond donors (Lipinski definition) is 3. The molecule has 0 aromatic heterocycles. The Hall–Kier alpha value is -2.12. The number of amides is 4. The normalized spacial score (nSPS) is 25.8. The fourth-order valence-corrected chi connectivity index (χ4v) is 2.65. The number of hydrogen-bond acceptors (Lipinski definition) is 4. The van der Waals surface area contributed by atoms with Gasteiger partial charge in [-0.2, -0.15) is 0 Å². The first-order valence-corrected chi connectivity index (χ1v) is 7.13. The molecule has 0 aromatic carbocycles. The number of primary amides is 1. The van der Waals surface area contributed by atoms with Gasteiger partial charge in [0.1, 0.15) is 18.1 Å². The lowest BCUT2D eigenvalue weighted by atomic mass is 10.0. The minimum atomic E-state index is -0.699. The Balaban J connectivity index is 1.96. The van der Waals surface area contributed by atoms with Crippen LogP contribution in [0.5, 0.6) is 0 Å². The van der Waals surface area contributed by atoms with Crippen molar-refractivity contribution in [2.24, 2.45) is 5.73 Å². The Morgan fingerprint density at radius 3 is 2.67 bits per heavy atom. The Kier molecular flexibility index (Phi) is 4.44. The zero-order valence-electron chi connectivity index (χ0n) is 11.9. The van der Waals surface area contributed by atoms with Crippen molar-refractivity contribution in [3.63, 3.8) is 0 Å². The average molecular weight is 296 g/mol. The topological polar surface area (TPSA) is 122 Å². The van der Waals surface area contributed by atoms with E-state index in [2.05, 4.69) is 10.6 Å². The van der Waals surface area contributed by atoms with E-state index in [9.17, 15) is 19.2 Å². The van der Waals surface area contributed by atoms with Crippen LogP contribution in [-0.4, -0.2) is 53.2 Å². The minimum absolute atomic E-state index is 0.143. The average Bonchev–Trinajstić information content (AvgIpc) is 2.89. The van der Waals surface area contributed by atoms with Gasteiger partial charge in [-0.05, 0) is 19.3 Å². The van der Waals surface area contributed by atoms with Gasteiger partial charge in [0.25, 0.3) is 0 Å². The van der Waals surface area contributed by atoms with Crippen molar-refractivity contribution in [1.29, 1.82) is 0 Å². The SMILES string of the molecule is CC[C@H](NC(=O)[C@@H]1CC(=O)N1)C(=O)N1CCC[C@H]1C(N)=O. The summed E-state index contributed by atoms with van der Waals surface area (Å²) in [6.45, 7) is 2.25. The van der Waals surface area contributed by atoms with Gasteiger partial charge >= 0.3 is 0 Å². The van der Waals surface area contributed by atoms with Crippen LogP contribution in [0.3, 0.4) is 0 Å². The molecule has 2 saturated heterocycles. The molecule has 2 fully saturated rings. The smallest absolute Gasteiger partial charge is 0.245 e. The van der Waals surface area contributed by atoms with Crippen LogP contribution in [0.2, 0.25) is 0 Å².